The summed E-state index contributed by atoms with van der Waals surface area (Å²) in [4.78, 5) is 20.1. The van der Waals surface area contributed by atoms with Crippen LogP contribution in [-0.4, -0.2) is 64.0 Å². The molecule has 0 aromatic carbocycles. The third-order valence-electron chi connectivity index (χ3n) is 4.07. The van der Waals surface area contributed by atoms with Crippen molar-refractivity contribution in [3.63, 3.8) is 0 Å². The Morgan fingerprint density at radius 1 is 1.35 bits per heavy atom. The van der Waals surface area contributed by atoms with E-state index in [9.17, 15) is 9.90 Å². The van der Waals surface area contributed by atoms with Crippen LogP contribution < -0.4 is 0 Å². The maximum atomic E-state index is 12.5. The van der Waals surface area contributed by atoms with Crippen molar-refractivity contribution in [3.05, 3.63) is 30.1 Å². The monoisotopic (exact) mass is 321 g/mol. The molecule has 0 spiro atoms. The molecule has 6 nitrogen and oxygen atoms in total. The van der Waals surface area contributed by atoms with Gasteiger partial charge in [-0.05, 0) is 45.7 Å². The number of carbonyl (C=O) groups is 1. The second-order valence-corrected chi connectivity index (χ2v) is 6.98. The van der Waals surface area contributed by atoms with Crippen LogP contribution in [0.2, 0.25) is 0 Å². The zero-order valence-corrected chi connectivity index (χ0v) is 14.4. The fourth-order valence-corrected chi connectivity index (χ4v) is 2.75. The first-order valence-corrected chi connectivity index (χ1v) is 8.05. The highest BCUT2D eigenvalue weighted by molar-refractivity contribution is 5.94. The van der Waals surface area contributed by atoms with Crippen molar-refractivity contribution in [2.45, 2.75) is 51.7 Å². The molecule has 1 saturated heterocycles. The summed E-state index contributed by atoms with van der Waals surface area (Å²) in [5.41, 5.74) is 0.269. The van der Waals surface area contributed by atoms with Crippen molar-refractivity contribution < 1.29 is 14.6 Å². The number of hydrogen-bond acceptors (Lipinski definition) is 5. The summed E-state index contributed by atoms with van der Waals surface area (Å²) in [6.45, 7) is 7.17. The molecule has 1 aromatic heterocycles. The first kappa shape index (κ1) is 17.8. The summed E-state index contributed by atoms with van der Waals surface area (Å²) in [6, 6.07) is 3.64. The van der Waals surface area contributed by atoms with E-state index in [2.05, 4.69) is 4.98 Å². The van der Waals surface area contributed by atoms with Gasteiger partial charge in [-0.2, -0.15) is 0 Å². The van der Waals surface area contributed by atoms with E-state index in [-0.39, 0.29) is 17.6 Å². The summed E-state index contributed by atoms with van der Waals surface area (Å²) >= 11 is 0. The lowest BCUT2D eigenvalue weighted by atomic mass is 10.0. The Balaban J connectivity index is 1.87. The van der Waals surface area contributed by atoms with Crippen LogP contribution in [0.1, 0.15) is 44.0 Å². The van der Waals surface area contributed by atoms with Gasteiger partial charge in [0, 0.05) is 44.1 Å². The molecule has 0 aliphatic carbocycles. The summed E-state index contributed by atoms with van der Waals surface area (Å²) in [5, 5.41) is 10.1. The number of hydrogen-bond donors (Lipinski definition) is 1. The number of nitrogens with zero attached hydrogens (tertiary/aromatic N) is 3. The molecule has 1 fully saturated rings. The Hall–Kier alpha value is -1.50. The van der Waals surface area contributed by atoms with E-state index in [1.165, 1.54) is 0 Å². The van der Waals surface area contributed by atoms with Crippen molar-refractivity contribution in [1.29, 1.82) is 0 Å². The largest absolute Gasteiger partial charge is 0.356 e. The van der Waals surface area contributed by atoms with E-state index in [4.69, 9.17) is 4.74 Å². The van der Waals surface area contributed by atoms with E-state index in [0.717, 1.165) is 12.8 Å². The molecule has 1 atom stereocenters. The smallest absolute Gasteiger partial charge is 0.253 e. The van der Waals surface area contributed by atoms with E-state index >= 15 is 0 Å². The summed E-state index contributed by atoms with van der Waals surface area (Å²) in [5.74, 6) is 0.0114. The lowest BCUT2D eigenvalue weighted by Crippen LogP contribution is -2.50. The molecule has 2 heterocycles. The van der Waals surface area contributed by atoms with Crippen molar-refractivity contribution in [1.82, 2.24) is 14.8 Å². The number of rotatable bonds is 4. The molecular formula is C17H27N3O3. The highest BCUT2D eigenvalue weighted by Crippen LogP contribution is 2.21. The van der Waals surface area contributed by atoms with Crippen molar-refractivity contribution in [2.75, 3.05) is 20.1 Å². The highest BCUT2D eigenvalue weighted by atomic mass is 16.6. The SMILES string of the molecule is CN(C(=O)c1ccncc1)C1CCN(C(O)OC(C)(C)C)CC1. The van der Waals surface area contributed by atoms with Crippen LogP contribution in [0.3, 0.4) is 0 Å². The predicted octanol–water partition coefficient (Wildman–Crippen LogP) is 1.71. The molecule has 1 aliphatic heterocycles. The van der Waals surface area contributed by atoms with Gasteiger partial charge in [0.25, 0.3) is 5.91 Å². The Kier molecular flexibility index (Phi) is 5.73. The molecule has 128 valence electrons. The van der Waals surface area contributed by atoms with Gasteiger partial charge >= 0.3 is 0 Å². The van der Waals surface area contributed by atoms with Gasteiger partial charge in [-0.1, -0.05) is 0 Å². The Labute approximate surface area is 138 Å². The zero-order chi connectivity index (χ0) is 17.0. The Bertz CT molecular complexity index is 508. The molecule has 23 heavy (non-hydrogen) atoms. The van der Waals surface area contributed by atoms with Crippen LogP contribution in [-0.2, 0) is 4.74 Å². The molecule has 0 saturated carbocycles. The molecule has 1 aliphatic rings. The number of aliphatic hydroxyl groups excluding tert-OH is 1. The maximum Gasteiger partial charge on any atom is 0.253 e. The first-order chi connectivity index (χ1) is 10.8. The van der Waals surface area contributed by atoms with Gasteiger partial charge in [0.1, 0.15) is 0 Å². The molecule has 1 N–H and O–H groups in total. The Morgan fingerprint density at radius 2 is 1.91 bits per heavy atom. The molecule has 1 unspecified atom stereocenters. The number of amides is 1. The topological polar surface area (TPSA) is 65.9 Å². The van der Waals surface area contributed by atoms with Crippen LogP contribution >= 0.6 is 0 Å². The van der Waals surface area contributed by atoms with Gasteiger partial charge in [0.05, 0.1) is 5.60 Å². The summed E-state index contributed by atoms with van der Waals surface area (Å²) < 4.78 is 5.58. The third-order valence-corrected chi connectivity index (χ3v) is 4.07. The Morgan fingerprint density at radius 3 is 2.43 bits per heavy atom. The number of likely N-dealkylation sites (tertiary alicyclic amines) is 1. The van der Waals surface area contributed by atoms with E-state index in [1.54, 1.807) is 29.4 Å². The maximum absolute atomic E-state index is 12.5. The minimum absolute atomic E-state index is 0.0114. The van der Waals surface area contributed by atoms with E-state index < -0.39 is 6.41 Å². The highest BCUT2D eigenvalue weighted by Gasteiger charge is 2.30. The van der Waals surface area contributed by atoms with Gasteiger partial charge in [-0.3, -0.25) is 14.7 Å². The van der Waals surface area contributed by atoms with Crippen molar-refractivity contribution >= 4 is 5.91 Å². The minimum atomic E-state index is -0.892. The summed E-state index contributed by atoms with van der Waals surface area (Å²) in [7, 11) is 1.84. The molecule has 0 radical (unpaired) electrons. The van der Waals surface area contributed by atoms with Gasteiger partial charge < -0.3 is 14.7 Å². The van der Waals surface area contributed by atoms with Crippen LogP contribution in [0, 0.1) is 0 Å². The molecule has 1 aromatic rings. The van der Waals surface area contributed by atoms with Crippen LogP contribution in [0.15, 0.2) is 24.5 Å². The lowest BCUT2D eigenvalue weighted by Gasteiger charge is -2.39. The van der Waals surface area contributed by atoms with Gasteiger partial charge in [0.15, 0.2) is 0 Å². The quantitative estimate of drug-likeness (QED) is 0.855. The fraction of sp³-hybridized carbons (Fsp3) is 0.647. The van der Waals surface area contributed by atoms with E-state index in [0.29, 0.717) is 18.7 Å². The molecule has 0 bridgehead atoms. The average Bonchev–Trinajstić information content (AvgIpc) is 2.53. The standard InChI is InChI=1S/C17H27N3O3/c1-17(2,3)23-16(22)20-11-7-14(8-12-20)19(4)15(21)13-5-9-18-10-6-13/h5-6,9-10,14,16,22H,7-8,11-12H2,1-4H3. The predicted molar refractivity (Wildman–Crippen MR) is 87.8 cm³/mol. The average molecular weight is 321 g/mol. The lowest BCUT2D eigenvalue weighted by molar-refractivity contribution is -0.243. The number of piperidine rings is 1. The zero-order valence-electron chi connectivity index (χ0n) is 14.4. The third kappa shape index (κ3) is 4.99. The number of aliphatic hydroxyl groups is 1. The molecular weight excluding hydrogens is 294 g/mol. The van der Waals surface area contributed by atoms with Crippen molar-refractivity contribution in [2.24, 2.45) is 0 Å². The number of aromatic nitrogens is 1. The molecule has 2 rings (SSSR count). The second-order valence-electron chi connectivity index (χ2n) is 6.98. The summed E-state index contributed by atoms with van der Waals surface area (Å²) in [6.07, 6.45) is 4.00. The van der Waals surface area contributed by atoms with Crippen LogP contribution in [0.4, 0.5) is 0 Å². The van der Waals surface area contributed by atoms with E-state index in [1.807, 2.05) is 32.7 Å². The van der Waals surface area contributed by atoms with Crippen LogP contribution in [0.5, 0.6) is 0 Å². The fourth-order valence-electron chi connectivity index (χ4n) is 2.75. The van der Waals surface area contributed by atoms with Crippen LogP contribution in [0.25, 0.3) is 0 Å². The van der Waals surface area contributed by atoms with Crippen molar-refractivity contribution in [3.8, 4) is 0 Å². The molecule has 6 heteroatoms. The number of pyridine rings is 1. The van der Waals surface area contributed by atoms with Gasteiger partial charge in [-0.15, -0.1) is 0 Å². The normalized spacial score (nSPS) is 18.7. The van der Waals surface area contributed by atoms with Gasteiger partial charge in [-0.25, -0.2) is 0 Å². The first-order valence-electron chi connectivity index (χ1n) is 8.05. The number of ether oxygens (including phenoxy) is 1. The minimum Gasteiger partial charge on any atom is -0.356 e. The van der Waals surface area contributed by atoms with Gasteiger partial charge in [0.2, 0.25) is 6.41 Å². The molecule has 1 amide bonds. The number of carbonyl (C=O) groups excluding carboxylic acids is 1. The second kappa shape index (κ2) is 7.38.